The summed E-state index contributed by atoms with van der Waals surface area (Å²) in [6, 6.07) is 2.82. The molecule has 0 spiro atoms. The van der Waals surface area contributed by atoms with Crippen molar-refractivity contribution in [1.29, 1.82) is 0 Å². The van der Waals surface area contributed by atoms with E-state index in [1.165, 1.54) is 15.6 Å². The summed E-state index contributed by atoms with van der Waals surface area (Å²) in [5.41, 5.74) is 0.767. The molecule has 8 nitrogen and oxygen atoms in total. The lowest BCUT2D eigenvalue weighted by Gasteiger charge is -2.16. The Morgan fingerprint density at radius 1 is 1.33 bits per heavy atom. The van der Waals surface area contributed by atoms with E-state index in [2.05, 4.69) is 15.7 Å². The maximum Gasteiger partial charge on any atom is 0.252 e. The molecule has 2 aromatic rings. The highest BCUT2D eigenvalue weighted by Crippen LogP contribution is 2.25. The number of hydrogen-bond acceptors (Lipinski definition) is 6. The van der Waals surface area contributed by atoms with Gasteiger partial charge in [-0.2, -0.15) is 9.40 Å². The molecule has 0 aliphatic rings. The first-order chi connectivity index (χ1) is 12.3. The van der Waals surface area contributed by atoms with Crippen molar-refractivity contribution in [3.63, 3.8) is 0 Å². The fourth-order valence-electron chi connectivity index (χ4n) is 2.60. The third-order valence-electron chi connectivity index (χ3n) is 3.98. The number of hydrogen-bond donors (Lipinski definition) is 2. The molecule has 1 atom stereocenters. The SMILES string of the molecule is CCN(CC)S(=O)(=O)c1ccc(CNC(=O)C(NC)c2cnn(C)c2)s1.Cl. The summed E-state index contributed by atoms with van der Waals surface area (Å²) in [5.74, 6) is -0.193. The molecule has 0 saturated carbocycles. The predicted octanol–water partition coefficient (Wildman–Crippen LogP) is 1.51. The van der Waals surface area contributed by atoms with Crippen LogP contribution >= 0.6 is 23.7 Å². The molecule has 0 aliphatic heterocycles. The Hall–Kier alpha value is -1.46. The molecular formula is C16H26ClN5O3S2. The molecule has 2 N–H and O–H groups in total. The van der Waals surface area contributed by atoms with Crippen LogP contribution in [0.2, 0.25) is 0 Å². The van der Waals surface area contributed by atoms with Gasteiger partial charge in [-0.25, -0.2) is 8.42 Å². The highest BCUT2D eigenvalue weighted by molar-refractivity contribution is 7.91. The molecule has 2 heterocycles. The summed E-state index contributed by atoms with van der Waals surface area (Å²) in [6.07, 6.45) is 3.42. The van der Waals surface area contributed by atoms with Crippen LogP contribution in [0.3, 0.4) is 0 Å². The molecule has 2 aromatic heterocycles. The lowest BCUT2D eigenvalue weighted by molar-refractivity contribution is -0.123. The number of sulfonamides is 1. The van der Waals surface area contributed by atoms with Crippen molar-refractivity contribution in [3.05, 3.63) is 35.0 Å². The van der Waals surface area contributed by atoms with Crippen LogP contribution in [0.25, 0.3) is 0 Å². The van der Waals surface area contributed by atoms with E-state index in [-0.39, 0.29) is 24.9 Å². The van der Waals surface area contributed by atoms with Crippen molar-refractivity contribution in [3.8, 4) is 0 Å². The average Bonchev–Trinajstić information content (AvgIpc) is 3.24. The number of aryl methyl sites for hydroxylation is 1. The summed E-state index contributed by atoms with van der Waals surface area (Å²) in [4.78, 5) is 13.2. The van der Waals surface area contributed by atoms with Crippen LogP contribution in [-0.4, -0.2) is 48.5 Å². The number of nitrogens with zero attached hydrogens (tertiary/aromatic N) is 3. The van der Waals surface area contributed by atoms with Gasteiger partial charge in [0.05, 0.1) is 12.7 Å². The molecule has 1 amide bonds. The van der Waals surface area contributed by atoms with Gasteiger partial charge in [-0.1, -0.05) is 13.8 Å². The third-order valence-corrected chi connectivity index (χ3v) is 7.58. The van der Waals surface area contributed by atoms with E-state index in [0.29, 0.717) is 17.3 Å². The van der Waals surface area contributed by atoms with Crippen molar-refractivity contribution in [2.75, 3.05) is 20.1 Å². The molecule has 0 aliphatic carbocycles. The maximum absolute atomic E-state index is 12.5. The van der Waals surface area contributed by atoms with Gasteiger partial charge in [0, 0.05) is 36.8 Å². The molecule has 2 rings (SSSR count). The lowest BCUT2D eigenvalue weighted by Crippen LogP contribution is -2.35. The Morgan fingerprint density at radius 2 is 2.00 bits per heavy atom. The largest absolute Gasteiger partial charge is 0.350 e. The van der Waals surface area contributed by atoms with E-state index >= 15 is 0 Å². The standard InChI is InChI=1S/C16H25N5O3S2.ClH/c1-5-21(6-2)26(23,24)14-8-7-13(25-14)10-18-16(22)15(17-3)12-9-19-20(4)11-12;/h7-9,11,15,17H,5-6,10H2,1-4H3,(H,18,22);1H. The molecule has 0 saturated heterocycles. The second kappa shape index (κ2) is 10.2. The normalized spacial score (nSPS) is 12.6. The number of halogens is 1. The Balaban J connectivity index is 0.00000364. The molecule has 0 aromatic carbocycles. The molecule has 0 bridgehead atoms. The number of rotatable bonds is 9. The van der Waals surface area contributed by atoms with Crippen molar-refractivity contribution in [2.24, 2.45) is 7.05 Å². The fourth-order valence-corrected chi connectivity index (χ4v) is 5.51. The van der Waals surface area contributed by atoms with Crippen molar-refractivity contribution < 1.29 is 13.2 Å². The first kappa shape index (κ1) is 23.6. The first-order valence-electron chi connectivity index (χ1n) is 8.35. The van der Waals surface area contributed by atoms with Gasteiger partial charge in [-0.05, 0) is 19.2 Å². The predicted molar refractivity (Wildman–Crippen MR) is 109 cm³/mol. The van der Waals surface area contributed by atoms with Crippen LogP contribution in [0.5, 0.6) is 0 Å². The number of nitrogens with one attached hydrogen (secondary N) is 2. The van der Waals surface area contributed by atoms with Crippen LogP contribution in [0, 0.1) is 0 Å². The molecule has 1 unspecified atom stereocenters. The number of carbonyl (C=O) groups is 1. The summed E-state index contributed by atoms with van der Waals surface area (Å²) in [7, 11) is 0.0305. The van der Waals surface area contributed by atoms with Gasteiger partial charge in [0.15, 0.2) is 0 Å². The number of carbonyl (C=O) groups excluding carboxylic acids is 1. The molecule has 152 valence electrons. The highest BCUT2D eigenvalue weighted by Gasteiger charge is 2.24. The zero-order chi connectivity index (χ0) is 19.3. The Bertz CT molecular complexity index is 846. The van der Waals surface area contributed by atoms with E-state index < -0.39 is 16.1 Å². The van der Waals surface area contributed by atoms with Gasteiger partial charge < -0.3 is 10.6 Å². The minimum Gasteiger partial charge on any atom is -0.350 e. The van der Waals surface area contributed by atoms with Crippen LogP contribution in [0.1, 0.15) is 30.3 Å². The number of amides is 1. The van der Waals surface area contributed by atoms with Gasteiger partial charge in [-0.15, -0.1) is 23.7 Å². The zero-order valence-corrected chi connectivity index (χ0v) is 18.2. The van der Waals surface area contributed by atoms with Crippen molar-refractivity contribution in [2.45, 2.75) is 30.6 Å². The smallest absolute Gasteiger partial charge is 0.252 e. The van der Waals surface area contributed by atoms with E-state index in [1.807, 2.05) is 13.8 Å². The monoisotopic (exact) mass is 435 g/mol. The Labute approximate surface area is 170 Å². The van der Waals surface area contributed by atoms with E-state index in [4.69, 9.17) is 0 Å². The zero-order valence-electron chi connectivity index (χ0n) is 15.8. The summed E-state index contributed by atoms with van der Waals surface area (Å²) < 4.78 is 28.4. The Kier molecular flexibility index (Phi) is 8.89. The second-order valence-corrected chi connectivity index (χ2v) is 9.03. The van der Waals surface area contributed by atoms with E-state index in [0.717, 1.165) is 10.4 Å². The minimum atomic E-state index is -3.46. The van der Waals surface area contributed by atoms with Crippen LogP contribution in [0.15, 0.2) is 28.7 Å². The van der Waals surface area contributed by atoms with Gasteiger partial charge >= 0.3 is 0 Å². The molecule has 0 fully saturated rings. The molecular weight excluding hydrogens is 410 g/mol. The average molecular weight is 436 g/mol. The van der Waals surface area contributed by atoms with Crippen LogP contribution < -0.4 is 10.6 Å². The van der Waals surface area contributed by atoms with Crippen molar-refractivity contribution >= 4 is 39.7 Å². The molecule has 0 radical (unpaired) electrons. The number of thiophene rings is 1. The van der Waals surface area contributed by atoms with Gasteiger partial charge in [-0.3, -0.25) is 9.48 Å². The summed E-state index contributed by atoms with van der Waals surface area (Å²) in [6.45, 7) is 4.75. The second-order valence-electron chi connectivity index (χ2n) is 5.70. The summed E-state index contributed by atoms with van der Waals surface area (Å²) in [5, 5.41) is 9.88. The van der Waals surface area contributed by atoms with E-state index in [1.54, 1.807) is 43.3 Å². The maximum atomic E-state index is 12.5. The van der Waals surface area contributed by atoms with Crippen LogP contribution in [0.4, 0.5) is 0 Å². The first-order valence-corrected chi connectivity index (χ1v) is 10.6. The summed E-state index contributed by atoms with van der Waals surface area (Å²) >= 11 is 1.18. The van der Waals surface area contributed by atoms with Gasteiger partial charge in [0.1, 0.15) is 10.3 Å². The topological polar surface area (TPSA) is 96.3 Å². The third kappa shape index (κ3) is 5.52. The molecule has 11 heteroatoms. The quantitative estimate of drug-likeness (QED) is 0.622. The Morgan fingerprint density at radius 3 is 2.52 bits per heavy atom. The number of aromatic nitrogens is 2. The van der Waals surface area contributed by atoms with Crippen molar-refractivity contribution in [1.82, 2.24) is 24.7 Å². The van der Waals surface area contributed by atoms with Gasteiger partial charge in [0.2, 0.25) is 5.91 Å². The van der Waals surface area contributed by atoms with E-state index in [9.17, 15) is 13.2 Å². The fraction of sp³-hybridized carbons (Fsp3) is 0.500. The highest BCUT2D eigenvalue weighted by atomic mass is 35.5. The lowest BCUT2D eigenvalue weighted by atomic mass is 10.1. The molecule has 27 heavy (non-hydrogen) atoms. The van der Waals surface area contributed by atoms with Gasteiger partial charge in [0.25, 0.3) is 10.0 Å². The number of likely N-dealkylation sites (N-methyl/N-ethyl adjacent to an activating group) is 1. The minimum absolute atomic E-state index is 0. The van der Waals surface area contributed by atoms with Crippen LogP contribution in [-0.2, 0) is 28.4 Å².